The van der Waals surface area contributed by atoms with Crippen LogP contribution in [-0.4, -0.2) is 9.91 Å². The normalized spacial score (nSPS) is 10.2. The third kappa shape index (κ3) is 3.00. The van der Waals surface area contributed by atoms with Crippen LogP contribution in [0.3, 0.4) is 0 Å². The zero-order valence-corrected chi connectivity index (χ0v) is 11.5. The lowest BCUT2D eigenvalue weighted by molar-refractivity contribution is -0.385. The minimum absolute atomic E-state index is 0.130. The summed E-state index contributed by atoms with van der Waals surface area (Å²) in [6.07, 6.45) is 0. The second kappa shape index (κ2) is 5.23. The Kier molecular flexibility index (Phi) is 3.66. The van der Waals surface area contributed by atoms with Gasteiger partial charge in [-0.3, -0.25) is 10.1 Å². The molecule has 0 aliphatic rings. The maximum absolute atomic E-state index is 10.9. The van der Waals surface area contributed by atoms with E-state index in [0.29, 0.717) is 15.9 Å². The van der Waals surface area contributed by atoms with E-state index in [9.17, 15) is 10.1 Å². The predicted octanol–water partition coefficient (Wildman–Crippen LogP) is 3.44. The minimum atomic E-state index is -0.510. The van der Waals surface area contributed by atoms with Gasteiger partial charge in [0.05, 0.1) is 16.3 Å². The van der Waals surface area contributed by atoms with Gasteiger partial charge in [-0.15, -0.1) is 0 Å². The van der Waals surface area contributed by atoms with Crippen molar-refractivity contribution in [3.63, 3.8) is 0 Å². The smallest absolute Gasteiger partial charge is 0.312 e. The molecule has 19 heavy (non-hydrogen) atoms. The average Bonchev–Trinajstić information content (AvgIpc) is 2.36. The molecule has 1 aromatic carbocycles. The molecule has 0 saturated heterocycles. The van der Waals surface area contributed by atoms with Crippen molar-refractivity contribution in [1.29, 1.82) is 0 Å². The van der Waals surface area contributed by atoms with E-state index >= 15 is 0 Å². The first-order valence-corrected chi connectivity index (χ1v) is 6.11. The van der Waals surface area contributed by atoms with Crippen molar-refractivity contribution in [2.45, 2.75) is 6.92 Å². The van der Waals surface area contributed by atoms with Gasteiger partial charge in [0, 0.05) is 16.6 Å². The molecule has 0 atom stereocenters. The molecule has 0 aliphatic heterocycles. The number of anilines is 1. The Balaban J connectivity index is 2.37. The Morgan fingerprint density at radius 3 is 2.74 bits per heavy atom. The largest absolute Gasteiger partial charge is 0.432 e. The van der Waals surface area contributed by atoms with Gasteiger partial charge in [0.1, 0.15) is 0 Å². The van der Waals surface area contributed by atoms with Crippen LogP contribution >= 0.6 is 15.9 Å². The molecule has 0 spiro atoms. The van der Waals surface area contributed by atoms with E-state index in [0.717, 1.165) is 0 Å². The van der Waals surface area contributed by atoms with Crippen molar-refractivity contribution in [2.75, 3.05) is 5.73 Å². The SMILES string of the molecule is Cc1nc(Oc2ccc(Br)cc2[N+](=O)[O-])ccc1N. The maximum Gasteiger partial charge on any atom is 0.312 e. The van der Waals surface area contributed by atoms with Crippen LogP contribution in [0.2, 0.25) is 0 Å². The van der Waals surface area contributed by atoms with E-state index in [-0.39, 0.29) is 17.3 Å². The van der Waals surface area contributed by atoms with Gasteiger partial charge < -0.3 is 10.5 Å². The molecule has 1 aromatic heterocycles. The van der Waals surface area contributed by atoms with E-state index in [4.69, 9.17) is 10.5 Å². The van der Waals surface area contributed by atoms with Gasteiger partial charge in [-0.05, 0) is 25.1 Å². The molecular formula is C12H10BrN3O3. The summed E-state index contributed by atoms with van der Waals surface area (Å²) in [5.74, 6) is 0.391. The van der Waals surface area contributed by atoms with E-state index in [1.807, 2.05) is 0 Å². The van der Waals surface area contributed by atoms with Crippen molar-refractivity contribution in [1.82, 2.24) is 4.98 Å². The molecule has 0 amide bonds. The lowest BCUT2D eigenvalue weighted by atomic mass is 10.3. The summed E-state index contributed by atoms with van der Waals surface area (Å²) < 4.78 is 6.04. The number of halogens is 1. The summed E-state index contributed by atoms with van der Waals surface area (Å²) in [6, 6.07) is 7.75. The summed E-state index contributed by atoms with van der Waals surface area (Å²) in [6.45, 7) is 1.73. The molecule has 2 N–H and O–H groups in total. The molecule has 1 heterocycles. The number of hydrogen-bond acceptors (Lipinski definition) is 5. The standard InChI is InChI=1S/C12H10BrN3O3/c1-7-9(14)3-5-12(15-7)19-11-4-2-8(13)6-10(11)16(17)18/h2-6H,14H2,1H3. The fourth-order valence-electron chi connectivity index (χ4n) is 1.44. The fourth-order valence-corrected chi connectivity index (χ4v) is 1.79. The van der Waals surface area contributed by atoms with Crippen LogP contribution in [0.4, 0.5) is 11.4 Å². The summed E-state index contributed by atoms with van der Waals surface area (Å²) in [4.78, 5) is 14.5. The molecule has 0 saturated carbocycles. The van der Waals surface area contributed by atoms with Crippen molar-refractivity contribution in [2.24, 2.45) is 0 Å². The molecular weight excluding hydrogens is 314 g/mol. The summed E-state index contributed by atoms with van der Waals surface area (Å²) in [7, 11) is 0. The fraction of sp³-hybridized carbons (Fsp3) is 0.0833. The van der Waals surface area contributed by atoms with Crippen LogP contribution in [0.15, 0.2) is 34.8 Å². The molecule has 0 fully saturated rings. The summed E-state index contributed by atoms with van der Waals surface area (Å²) in [5, 5.41) is 10.9. The van der Waals surface area contributed by atoms with E-state index in [1.165, 1.54) is 12.1 Å². The van der Waals surface area contributed by atoms with E-state index in [1.54, 1.807) is 25.1 Å². The maximum atomic E-state index is 10.9. The van der Waals surface area contributed by atoms with Crippen LogP contribution in [0.1, 0.15) is 5.69 Å². The van der Waals surface area contributed by atoms with Crippen LogP contribution in [0.25, 0.3) is 0 Å². The molecule has 2 aromatic rings. The molecule has 7 heteroatoms. The molecule has 0 aliphatic carbocycles. The monoisotopic (exact) mass is 323 g/mol. The Morgan fingerprint density at radius 2 is 2.11 bits per heavy atom. The lowest BCUT2D eigenvalue weighted by Crippen LogP contribution is -1.97. The number of nitrogen functional groups attached to an aromatic ring is 1. The van der Waals surface area contributed by atoms with E-state index in [2.05, 4.69) is 20.9 Å². The number of hydrogen-bond donors (Lipinski definition) is 1. The number of nitrogens with zero attached hydrogens (tertiary/aromatic N) is 2. The van der Waals surface area contributed by atoms with Crippen molar-refractivity contribution >= 4 is 27.3 Å². The third-order valence-corrected chi connectivity index (χ3v) is 2.93. The highest BCUT2D eigenvalue weighted by molar-refractivity contribution is 9.10. The first kappa shape index (κ1) is 13.3. The lowest BCUT2D eigenvalue weighted by Gasteiger charge is -2.07. The quantitative estimate of drug-likeness (QED) is 0.690. The minimum Gasteiger partial charge on any atom is -0.432 e. The van der Waals surface area contributed by atoms with Crippen LogP contribution in [0.5, 0.6) is 11.6 Å². The van der Waals surface area contributed by atoms with Gasteiger partial charge >= 0.3 is 5.69 Å². The van der Waals surface area contributed by atoms with Gasteiger partial charge in [-0.2, -0.15) is 0 Å². The number of aromatic nitrogens is 1. The zero-order chi connectivity index (χ0) is 14.0. The number of ether oxygens (including phenoxy) is 1. The highest BCUT2D eigenvalue weighted by atomic mass is 79.9. The number of aryl methyl sites for hydroxylation is 1. The average molecular weight is 324 g/mol. The second-order valence-corrected chi connectivity index (χ2v) is 4.71. The molecule has 6 nitrogen and oxygen atoms in total. The molecule has 98 valence electrons. The highest BCUT2D eigenvalue weighted by Crippen LogP contribution is 2.33. The summed E-state index contributed by atoms with van der Waals surface area (Å²) >= 11 is 3.18. The Labute approximate surface area is 117 Å². The zero-order valence-electron chi connectivity index (χ0n) is 9.96. The number of nitro benzene ring substituents is 1. The first-order chi connectivity index (χ1) is 8.97. The van der Waals surface area contributed by atoms with Crippen molar-refractivity contribution < 1.29 is 9.66 Å². The Hall–Kier alpha value is -2.15. The van der Waals surface area contributed by atoms with Gasteiger partial charge in [0.15, 0.2) is 0 Å². The van der Waals surface area contributed by atoms with Crippen LogP contribution in [0, 0.1) is 17.0 Å². The van der Waals surface area contributed by atoms with Gasteiger partial charge in [0.2, 0.25) is 11.6 Å². The number of nitro groups is 1. The van der Waals surface area contributed by atoms with Crippen molar-refractivity contribution in [3.8, 4) is 11.6 Å². The number of benzene rings is 1. The molecule has 0 radical (unpaired) electrons. The Bertz CT molecular complexity index is 646. The van der Waals surface area contributed by atoms with Gasteiger partial charge in [-0.1, -0.05) is 15.9 Å². The first-order valence-electron chi connectivity index (χ1n) is 5.32. The van der Waals surface area contributed by atoms with Crippen LogP contribution < -0.4 is 10.5 Å². The third-order valence-electron chi connectivity index (χ3n) is 2.43. The number of rotatable bonds is 3. The topological polar surface area (TPSA) is 91.3 Å². The summed E-state index contributed by atoms with van der Waals surface area (Å²) in [5.41, 5.74) is 6.66. The molecule has 0 unspecified atom stereocenters. The number of nitrogens with two attached hydrogens (primary N) is 1. The van der Waals surface area contributed by atoms with Crippen LogP contribution in [-0.2, 0) is 0 Å². The van der Waals surface area contributed by atoms with E-state index < -0.39 is 4.92 Å². The van der Waals surface area contributed by atoms with Gasteiger partial charge in [-0.25, -0.2) is 4.98 Å². The molecule has 2 rings (SSSR count). The predicted molar refractivity (Wildman–Crippen MR) is 74.3 cm³/mol. The highest BCUT2D eigenvalue weighted by Gasteiger charge is 2.16. The molecule has 0 bridgehead atoms. The second-order valence-electron chi connectivity index (χ2n) is 3.80. The number of pyridine rings is 1. The van der Waals surface area contributed by atoms with Gasteiger partial charge in [0.25, 0.3) is 0 Å². The van der Waals surface area contributed by atoms with Crippen molar-refractivity contribution in [3.05, 3.63) is 50.6 Å². The Morgan fingerprint density at radius 1 is 1.37 bits per heavy atom.